The summed E-state index contributed by atoms with van der Waals surface area (Å²) in [6, 6.07) is 11.9. The van der Waals surface area contributed by atoms with Crippen LogP contribution in [-0.4, -0.2) is 55.4 Å². The van der Waals surface area contributed by atoms with Gasteiger partial charge in [-0.3, -0.25) is 14.4 Å². The van der Waals surface area contributed by atoms with Gasteiger partial charge in [0, 0.05) is 25.2 Å². The van der Waals surface area contributed by atoms with Crippen molar-refractivity contribution in [3.63, 3.8) is 0 Å². The average molecular weight is 456 g/mol. The Labute approximate surface area is 193 Å². The molecular formula is C25H30FN3O4. The molecule has 1 saturated heterocycles. The third kappa shape index (κ3) is 6.09. The lowest BCUT2D eigenvalue weighted by atomic mass is 9.88. The highest BCUT2D eigenvalue weighted by Gasteiger charge is 2.34. The van der Waals surface area contributed by atoms with Gasteiger partial charge in [0.15, 0.2) is 0 Å². The first kappa shape index (κ1) is 24.2. The SMILES string of the molecule is CCCNC(=O)[C@@H](NC(=O)c1ccc(OC)cc1)C1CCN(C(=O)c2ccccc2F)CC1. The Hall–Kier alpha value is -3.42. The minimum absolute atomic E-state index is 0.0426. The monoisotopic (exact) mass is 455 g/mol. The van der Waals surface area contributed by atoms with Crippen LogP contribution in [0.5, 0.6) is 5.75 Å². The summed E-state index contributed by atoms with van der Waals surface area (Å²) >= 11 is 0. The molecule has 33 heavy (non-hydrogen) atoms. The fourth-order valence-electron chi connectivity index (χ4n) is 3.96. The molecule has 7 nitrogen and oxygen atoms in total. The van der Waals surface area contributed by atoms with Crippen LogP contribution in [0.15, 0.2) is 48.5 Å². The van der Waals surface area contributed by atoms with Gasteiger partial charge in [0.1, 0.15) is 17.6 Å². The van der Waals surface area contributed by atoms with Crippen LogP contribution < -0.4 is 15.4 Å². The van der Waals surface area contributed by atoms with Crippen molar-refractivity contribution in [1.82, 2.24) is 15.5 Å². The Morgan fingerprint density at radius 2 is 1.76 bits per heavy atom. The van der Waals surface area contributed by atoms with Crippen LogP contribution in [0.1, 0.15) is 46.9 Å². The molecule has 2 aromatic carbocycles. The summed E-state index contributed by atoms with van der Waals surface area (Å²) in [6.07, 6.45) is 1.82. The molecule has 1 fully saturated rings. The number of halogens is 1. The number of nitrogens with one attached hydrogen (secondary N) is 2. The molecule has 1 aliphatic rings. The largest absolute Gasteiger partial charge is 0.497 e. The molecule has 0 radical (unpaired) electrons. The molecular weight excluding hydrogens is 425 g/mol. The van der Waals surface area contributed by atoms with E-state index < -0.39 is 11.9 Å². The Morgan fingerprint density at radius 1 is 1.09 bits per heavy atom. The smallest absolute Gasteiger partial charge is 0.256 e. The molecule has 0 saturated carbocycles. The van der Waals surface area contributed by atoms with E-state index in [2.05, 4.69) is 10.6 Å². The Kier molecular flexibility index (Phi) is 8.40. The zero-order chi connectivity index (χ0) is 23.8. The zero-order valence-electron chi connectivity index (χ0n) is 19.0. The quantitative estimate of drug-likeness (QED) is 0.641. The van der Waals surface area contributed by atoms with Crippen LogP contribution in [0, 0.1) is 11.7 Å². The van der Waals surface area contributed by atoms with Crippen LogP contribution in [-0.2, 0) is 4.79 Å². The topological polar surface area (TPSA) is 87.7 Å². The highest BCUT2D eigenvalue weighted by atomic mass is 19.1. The Bertz CT molecular complexity index is 972. The van der Waals surface area contributed by atoms with Crippen LogP contribution >= 0.6 is 0 Å². The van der Waals surface area contributed by atoms with Crippen LogP contribution in [0.4, 0.5) is 4.39 Å². The van der Waals surface area contributed by atoms with Gasteiger partial charge >= 0.3 is 0 Å². The van der Waals surface area contributed by atoms with E-state index in [4.69, 9.17) is 4.74 Å². The number of nitrogens with zero attached hydrogens (tertiary/aromatic N) is 1. The number of likely N-dealkylation sites (tertiary alicyclic amines) is 1. The summed E-state index contributed by atoms with van der Waals surface area (Å²) in [4.78, 5) is 40.0. The third-order valence-electron chi connectivity index (χ3n) is 5.87. The van der Waals surface area contributed by atoms with Crippen molar-refractivity contribution >= 4 is 17.7 Å². The number of carbonyl (C=O) groups excluding carboxylic acids is 3. The van der Waals surface area contributed by atoms with Gasteiger partial charge in [-0.15, -0.1) is 0 Å². The Morgan fingerprint density at radius 3 is 2.36 bits per heavy atom. The molecule has 0 spiro atoms. The fraction of sp³-hybridized carbons (Fsp3) is 0.400. The number of hydrogen-bond acceptors (Lipinski definition) is 4. The van der Waals surface area contributed by atoms with E-state index in [9.17, 15) is 18.8 Å². The summed E-state index contributed by atoms with van der Waals surface area (Å²) < 4.78 is 19.1. The van der Waals surface area contributed by atoms with E-state index in [0.29, 0.717) is 43.8 Å². The first-order valence-corrected chi connectivity index (χ1v) is 11.2. The first-order chi connectivity index (χ1) is 15.9. The maximum absolute atomic E-state index is 14.0. The zero-order valence-corrected chi connectivity index (χ0v) is 19.0. The molecule has 0 aromatic heterocycles. The number of rotatable bonds is 8. The predicted octanol–water partition coefficient (Wildman–Crippen LogP) is 3.01. The second-order valence-electron chi connectivity index (χ2n) is 8.08. The van der Waals surface area contributed by atoms with Gasteiger partial charge in [-0.1, -0.05) is 19.1 Å². The molecule has 1 aliphatic heterocycles. The normalized spacial score (nSPS) is 14.9. The van der Waals surface area contributed by atoms with Gasteiger partial charge in [-0.25, -0.2) is 4.39 Å². The fourth-order valence-corrected chi connectivity index (χ4v) is 3.96. The number of amides is 3. The highest BCUT2D eigenvalue weighted by molar-refractivity contribution is 5.98. The first-order valence-electron chi connectivity index (χ1n) is 11.2. The lowest BCUT2D eigenvalue weighted by molar-refractivity contribution is -0.124. The third-order valence-corrected chi connectivity index (χ3v) is 5.87. The van der Waals surface area contributed by atoms with Crippen molar-refractivity contribution in [2.75, 3.05) is 26.7 Å². The van der Waals surface area contributed by atoms with Gasteiger partial charge in [0.05, 0.1) is 12.7 Å². The molecule has 1 heterocycles. The van der Waals surface area contributed by atoms with Gasteiger partial charge in [-0.05, 0) is 61.6 Å². The van der Waals surface area contributed by atoms with E-state index in [1.54, 1.807) is 48.4 Å². The van der Waals surface area contributed by atoms with E-state index in [-0.39, 0.29) is 29.2 Å². The number of methoxy groups -OCH3 is 1. The average Bonchev–Trinajstić information content (AvgIpc) is 2.85. The lowest BCUT2D eigenvalue weighted by Gasteiger charge is -2.36. The van der Waals surface area contributed by atoms with Crippen molar-refractivity contribution in [3.8, 4) is 5.75 Å². The molecule has 2 N–H and O–H groups in total. The summed E-state index contributed by atoms with van der Waals surface area (Å²) in [5.41, 5.74) is 0.470. The van der Waals surface area contributed by atoms with Crippen molar-refractivity contribution in [2.45, 2.75) is 32.2 Å². The lowest BCUT2D eigenvalue weighted by Crippen LogP contribution is -2.54. The molecule has 0 aliphatic carbocycles. The number of benzene rings is 2. The standard InChI is InChI=1S/C25H30FN3O4/c1-3-14-27-24(31)22(28-23(30)18-8-10-19(33-2)11-9-18)17-12-15-29(16-13-17)25(32)20-6-4-5-7-21(20)26/h4-11,17,22H,3,12-16H2,1-2H3,(H,27,31)(H,28,30)/t22-/m0/s1. The van der Waals surface area contributed by atoms with E-state index in [1.807, 2.05) is 6.92 Å². The van der Waals surface area contributed by atoms with Gasteiger partial charge in [0.2, 0.25) is 5.91 Å². The number of carbonyl (C=O) groups is 3. The molecule has 0 bridgehead atoms. The molecule has 176 valence electrons. The predicted molar refractivity (Wildman–Crippen MR) is 123 cm³/mol. The minimum Gasteiger partial charge on any atom is -0.497 e. The maximum atomic E-state index is 14.0. The van der Waals surface area contributed by atoms with Crippen LogP contribution in [0.25, 0.3) is 0 Å². The van der Waals surface area contributed by atoms with Crippen molar-refractivity contribution < 1.29 is 23.5 Å². The summed E-state index contributed by atoms with van der Waals surface area (Å²) in [7, 11) is 1.55. The van der Waals surface area contributed by atoms with E-state index >= 15 is 0 Å². The molecule has 8 heteroatoms. The number of hydrogen-bond donors (Lipinski definition) is 2. The van der Waals surface area contributed by atoms with Gasteiger partial charge < -0.3 is 20.3 Å². The molecule has 3 amide bonds. The maximum Gasteiger partial charge on any atom is 0.256 e. The summed E-state index contributed by atoms with van der Waals surface area (Å²) in [6.45, 7) is 3.23. The second-order valence-corrected chi connectivity index (χ2v) is 8.08. The van der Waals surface area contributed by atoms with E-state index in [0.717, 1.165) is 6.42 Å². The van der Waals surface area contributed by atoms with Crippen molar-refractivity contribution in [2.24, 2.45) is 5.92 Å². The summed E-state index contributed by atoms with van der Waals surface area (Å²) in [5.74, 6) is -1.00. The minimum atomic E-state index is -0.725. The molecule has 3 rings (SSSR count). The highest BCUT2D eigenvalue weighted by Crippen LogP contribution is 2.24. The van der Waals surface area contributed by atoms with Gasteiger partial charge in [0.25, 0.3) is 11.8 Å². The Balaban J connectivity index is 1.68. The summed E-state index contributed by atoms with van der Waals surface area (Å²) in [5, 5.41) is 5.75. The second kappa shape index (κ2) is 11.4. The van der Waals surface area contributed by atoms with Crippen LogP contribution in [0.3, 0.4) is 0 Å². The molecule has 2 aromatic rings. The molecule has 0 unspecified atom stereocenters. The number of piperidine rings is 1. The van der Waals surface area contributed by atoms with Crippen LogP contribution in [0.2, 0.25) is 0 Å². The van der Waals surface area contributed by atoms with Crippen molar-refractivity contribution in [3.05, 3.63) is 65.5 Å². The van der Waals surface area contributed by atoms with E-state index in [1.165, 1.54) is 12.1 Å². The van der Waals surface area contributed by atoms with Crippen molar-refractivity contribution in [1.29, 1.82) is 0 Å². The number of ether oxygens (including phenoxy) is 1. The molecule has 1 atom stereocenters. The van der Waals surface area contributed by atoms with Gasteiger partial charge in [-0.2, -0.15) is 0 Å².